The maximum atomic E-state index is 12.4. The molecule has 2 heterocycles. The fraction of sp³-hybridized carbons (Fsp3) is 0.450. The molecule has 0 bridgehead atoms. The lowest BCUT2D eigenvalue weighted by Gasteiger charge is -2.32. The molecule has 166 valence electrons. The van der Waals surface area contributed by atoms with Crippen LogP contribution in [0.25, 0.3) is 0 Å². The van der Waals surface area contributed by atoms with E-state index in [-0.39, 0.29) is 24.7 Å². The molecule has 0 radical (unpaired) electrons. The first-order valence-electron chi connectivity index (χ1n) is 9.67. The van der Waals surface area contributed by atoms with E-state index in [1.165, 1.54) is 0 Å². The molecule has 1 aromatic heterocycles. The van der Waals surface area contributed by atoms with Crippen molar-refractivity contribution in [1.82, 2.24) is 15.5 Å². The van der Waals surface area contributed by atoms with Gasteiger partial charge in [0.15, 0.2) is 6.10 Å². The number of ether oxygens (including phenoxy) is 2. The maximum absolute atomic E-state index is 12.4. The highest BCUT2D eigenvalue weighted by molar-refractivity contribution is 6.30. The predicted octanol–water partition coefficient (Wildman–Crippen LogP) is 4.07. The number of aromatic nitrogens is 2. The van der Waals surface area contributed by atoms with E-state index >= 15 is 0 Å². The smallest absolute Gasteiger partial charge is 0.480 e. The topological polar surface area (TPSA) is 86.5 Å². The van der Waals surface area contributed by atoms with E-state index in [2.05, 4.69) is 26.8 Å². The van der Waals surface area contributed by atoms with Crippen LogP contribution in [0, 0.1) is 0 Å². The lowest BCUT2D eigenvalue weighted by molar-refractivity contribution is -0.352. The molecule has 1 saturated carbocycles. The van der Waals surface area contributed by atoms with Crippen molar-refractivity contribution >= 4 is 17.5 Å². The minimum atomic E-state index is -4.64. The molecule has 2 aromatic rings. The van der Waals surface area contributed by atoms with Crippen LogP contribution in [-0.2, 0) is 22.4 Å². The van der Waals surface area contributed by atoms with Crippen molar-refractivity contribution < 1.29 is 31.9 Å². The van der Waals surface area contributed by atoms with Crippen LogP contribution in [0.5, 0.6) is 5.75 Å². The Kier molecular flexibility index (Phi) is 5.94. The van der Waals surface area contributed by atoms with E-state index in [9.17, 15) is 18.0 Å². The van der Waals surface area contributed by atoms with Crippen molar-refractivity contribution in [3.63, 3.8) is 0 Å². The monoisotopic (exact) mass is 457 g/mol. The molecule has 11 heteroatoms. The molecule has 1 aliphatic heterocycles. The lowest BCUT2D eigenvalue weighted by atomic mass is 9.82. The molecule has 7 nitrogen and oxygen atoms in total. The highest BCUT2D eigenvalue weighted by Gasteiger charge is 2.42. The Balaban J connectivity index is 1.20. The van der Waals surface area contributed by atoms with Gasteiger partial charge in [-0.15, -0.1) is 23.4 Å². The summed E-state index contributed by atoms with van der Waals surface area (Å²) >= 11 is 5.96. The Labute approximate surface area is 180 Å². The van der Waals surface area contributed by atoms with Crippen molar-refractivity contribution in [3.8, 4) is 5.75 Å². The van der Waals surface area contributed by atoms with Crippen molar-refractivity contribution in [2.45, 2.75) is 56.6 Å². The summed E-state index contributed by atoms with van der Waals surface area (Å²) in [5.74, 6) is 0.694. The molecule has 0 unspecified atom stereocenters. The fourth-order valence-electron chi connectivity index (χ4n) is 3.52. The molecule has 1 N–H and O–H groups in total. The summed E-state index contributed by atoms with van der Waals surface area (Å²) in [6.45, 7) is 3.84. The van der Waals surface area contributed by atoms with Gasteiger partial charge >= 0.3 is 6.36 Å². The van der Waals surface area contributed by atoms with Gasteiger partial charge in [-0.3, -0.25) is 9.53 Å². The van der Waals surface area contributed by atoms with Crippen LogP contribution < -0.4 is 10.1 Å². The second-order valence-corrected chi connectivity index (χ2v) is 7.98. The summed E-state index contributed by atoms with van der Waals surface area (Å²) in [6.07, 6.45) is -4.70. The molecule has 0 saturated heterocycles. The van der Waals surface area contributed by atoms with Crippen molar-refractivity contribution in [2.75, 3.05) is 0 Å². The largest absolute Gasteiger partial charge is 0.522 e. The van der Waals surface area contributed by atoms with Crippen LogP contribution in [0.3, 0.4) is 0 Å². The third-order valence-corrected chi connectivity index (χ3v) is 5.39. The highest BCUT2D eigenvalue weighted by atomic mass is 35.5. The molecule has 1 fully saturated rings. The zero-order chi connectivity index (χ0) is 22.2. The van der Waals surface area contributed by atoms with E-state index in [1.807, 2.05) is 0 Å². The average Bonchev–Trinajstić information content (AvgIpc) is 3.28. The van der Waals surface area contributed by atoms with Crippen molar-refractivity contribution in [2.24, 2.45) is 0 Å². The quantitative estimate of drug-likeness (QED) is 0.674. The number of allylic oxidation sites excluding steroid dienone is 1. The van der Waals surface area contributed by atoms with Crippen LogP contribution in [-0.4, -0.2) is 34.7 Å². The molecule has 0 spiro atoms. The zero-order valence-corrected chi connectivity index (χ0v) is 17.0. The van der Waals surface area contributed by atoms with E-state index < -0.39 is 18.6 Å². The van der Waals surface area contributed by atoms with Gasteiger partial charge in [-0.2, -0.15) is 0 Å². The number of aryl methyl sites for hydroxylation is 1. The number of nitrogens with zero attached hydrogens (tertiary/aromatic N) is 2. The third kappa shape index (κ3) is 5.37. The Morgan fingerprint density at radius 3 is 2.84 bits per heavy atom. The number of amides is 1. The van der Waals surface area contributed by atoms with Gasteiger partial charge in [-0.05, 0) is 43.0 Å². The first-order chi connectivity index (χ1) is 14.7. The molecule has 31 heavy (non-hydrogen) atoms. The van der Waals surface area contributed by atoms with E-state index in [4.69, 9.17) is 20.8 Å². The number of fused-ring (bicyclic) bond motifs is 1. The van der Waals surface area contributed by atoms with Gasteiger partial charge in [-0.25, -0.2) is 0 Å². The van der Waals surface area contributed by atoms with Crippen LogP contribution in [0.4, 0.5) is 13.2 Å². The average molecular weight is 458 g/mol. The minimum Gasteiger partial charge on any atom is -0.480 e. The van der Waals surface area contributed by atoms with Gasteiger partial charge < -0.3 is 14.5 Å². The molecule has 2 aliphatic rings. The maximum Gasteiger partial charge on any atom is 0.522 e. The number of halogens is 4. The molecular formula is C20H19ClF3N3O4. The Morgan fingerprint density at radius 2 is 2.10 bits per heavy atom. The van der Waals surface area contributed by atoms with E-state index in [0.717, 1.165) is 5.56 Å². The Hall–Kier alpha value is -2.59. The fourth-order valence-corrected chi connectivity index (χ4v) is 3.72. The number of carbonyl (C=O) groups excluding carboxylic acids is 1. The lowest BCUT2D eigenvalue weighted by Crippen LogP contribution is -2.36. The van der Waals surface area contributed by atoms with E-state index in [1.54, 1.807) is 18.2 Å². The standard InChI is InChI=1S/C20H19ClF3N3O4/c1-10(25-18(28)16-9-11-6-13(21)3-4-15(11)29-16)2-5-17-26-27-19(30-17)12-7-14(8-12)31-20(22,23)24/h3-4,6,12,14,16H,1-2,5,7-9H2,(H,25,28)/t12-,14+,16-/m0/s1. The van der Waals surface area contributed by atoms with Gasteiger partial charge in [0.1, 0.15) is 5.75 Å². The molecule has 1 aliphatic carbocycles. The second-order valence-electron chi connectivity index (χ2n) is 7.54. The van der Waals surface area contributed by atoms with Crippen LogP contribution in [0.1, 0.15) is 42.5 Å². The van der Waals surface area contributed by atoms with Gasteiger partial charge in [-0.1, -0.05) is 18.2 Å². The van der Waals surface area contributed by atoms with Gasteiger partial charge in [0, 0.05) is 29.5 Å². The predicted molar refractivity (Wildman–Crippen MR) is 102 cm³/mol. The first kappa shape index (κ1) is 21.6. The Bertz CT molecular complexity index is 988. The zero-order valence-electron chi connectivity index (χ0n) is 16.2. The number of alkyl halides is 3. The van der Waals surface area contributed by atoms with Crippen LogP contribution in [0.15, 0.2) is 34.9 Å². The van der Waals surface area contributed by atoms with Crippen LogP contribution >= 0.6 is 11.6 Å². The summed E-state index contributed by atoms with van der Waals surface area (Å²) in [4.78, 5) is 12.4. The third-order valence-electron chi connectivity index (χ3n) is 5.16. The molecule has 1 amide bonds. The number of benzene rings is 1. The number of carbonyl (C=O) groups is 1. The van der Waals surface area contributed by atoms with Crippen molar-refractivity contribution in [1.29, 1.82) is 0 Å². The summed E-state index contributed by atoms with van der Waals surface area (Å²) < 4.78 is 51.7. The van der Waals surface area contributed by atoms with Gasteiger partial charge in [0.25, 0.3) is 5.91 Å². The SMILES string of the molecule is C=C(CCc1nnc([C@H]2C[C@@H](OC(F)(F)F)C2)o1)NC(=O)[C@@H]1Cc2cc(Cl)ccc2O1. The second kappa shape index (κ2) is 8.51. The number of rotatable bonds is 7. The minimum absolute atomic E-state index is 0.179. The number of hydrogen-bond acceptors (Lipinski definition) is 6. The molecule has 4 rings (SSSR count). The summed E-state index contributed by atoms with van der Waals surface area (Å²) in [5, 5.41) is 11.1. The van der Waals surface area contributed by atoms with Crippen molar-refractivity contribution in [3.05, 3.63) is 52.8 Å². The molecule has 1 aromatic carbocycles. The van der Waals surface area contributed by atoms with Gasteiger partial charge in [0.05, 0.1) is 6.10 Å². The van der Waals surface area contributed by atoms with E-state index in [0.29, 0.717) is 47.5 Å². The summed E-state index contributed by atoms with van der Waals surface area (Å²) in [5.41, 5.74) is 1.33. The highest BCUT2D eigenvalue weighted by Crippen LogP contribution is 2.40. The molecular weight excluding hydrogens is 439 g/mol. The number of nitrogens with one attached hydrogen (secondary N) is 1. The molecule has 1 atom stereocenters. The van der Waals surface area contributed by atoms with Gasteiger partial charge in [0.2, 0.25) is 11.8 Å². The first-order valence-corrected chi connectivity index (χ1v) is 10.0. The number of hydrogen-bond donors (Lipinski definition) is 1. The normalized spacial score (nSPS) is 22.4. The summed E-state index contributed by atoms with van der Waals surface area (Å²) in [6, 6.07) is 5.20. The van der Waals surface area contributed by atoms with Crippen LogP contribution in [0.2, 0.25) is 5.02 Å². The Morgan fingerprint density at radius 1 is 1.32 bits per heavy atom. The summed E-state index contributed by atoms with van der Waals surface area (Å²) in [7, 11) is 0.